The third-order valence-electron chi connectivity index (χ3n) is 8.84. The van der Waals surface area contributed by atoms with Crippen LogP contribution in [0.15, 0.2) is 65.2 Å². The maximum absolute atomic E-state index is 10.2. The lowest BCUT2D eigenvalue weighted by atomic mass is 9.63. The summed E-state index contributed by atoms with van der Waals surface area (Å²) < 4.78 is 8.96. The SMILES string of the molecule is Cc1cc[n+](C)c(-c2c(C)ccc3c2oc2c(-c4ccc5c(c4)C(C)(C)CCC5(C)C)c(C#N)ccc23)c1. The minimum Gasteiger partial charge on any atom is -0.454 e. The summed E-state index contributed by atoms with van der Waals surface area (Å²) in [5, 5.41) is 12.3. The molecule has 1 aliphatic carbocycles. The highest BCUT2D eigenvalue weighted by Gasteiger charge is 2.37. The molecule has 0 amide bonds. The number of hydrogen-bond acceptors (Lipinski definition) is 2. The van der Waals surface area contributed by atoms with Gasteiger partial charge < -0.3 is 4.42 Å². The van der Waals surface area contributed by atoms with Gasteiger partial charge in [0.2, 0.25) is 5.69 Å². The van der Waals surface area contributed by atoms with E-state index >= 15 is 0 Å². The average molecular weight is 500 g/mol. The molecule has 0 radical (unpaired) electrons. The Labute approximate surface area is 225 Å². The number of fused-ring (bicyclic) bond motifs is 4. The van der Waals surface area contributed by atoms with Gasteiger partial charge in [0.1, 0.15) is 18.2 Å². The maximum Gasteiger partial charge on any atom is 0.216 e. The summed E-state index contributed by atoms with van der Waals surface area (Å²) in [7, 11) is 2.07. The molecule has 0 spiro atoms. The molecule has 0 N–H and O–H groups in total. The van der Waals surface area contributed by atoms with Crippen molar-refractivity contribution < 1.29 is 8.98 Å². The number of hydrogen-bond donors (Lipinski definition) is 0. The zero-order valence-corrected chi connectivity index (χ0v) is 23.5. The predicted octanol–water partition coefficient (Wildman–Crippen LogP) is 8.58. The van der Waals surface area contributed by atoms with Gasteiger partial charge in [0, 0.05) is 28.5 Å². The first-order valence-electron chi connectivity index (χ1n) is 13.5. The van der Waals surface area contributed by atoms with Gasteiger partial charge in [0.05, 0.1) is 17.2 Å². The molecule has 0 fully saturated rings. The highest BCUT2D eigenvalue weighted by Crippen LogP contribution is 2.48. The standard InChI is InChI=1S/C35H35N2O/c1-21-14-17-37(7)29(18-21)30-22(2)8-11-25-26-12-9-24(20-36)31(33(26)38-32(25)30)23-10-13-27-28(19-23)35(5,6)16-15-34(27,3)4/h8-14,17-19H,15-16H2,1-7H3/q+1. The van der Waals surface area contributed by atoms with Gasteiger partial charge >= 0.3 is 0 Å². The molecule has 6 rings (SSSR count). The van der Waals surface area contributed by atoms with E-state index in [0.29, 0.717) is 5.56 Å². The molecule has 2 heterocycles. The van der Waals surface area contributed by atoms with Gasteiger partial charge in [-0.05, 0) is 77.5 Å². The first kappa shape index (κ1) is 24.4. The summed E-state index contributed by atoms with van der Waals surface area (Å²) in [6, 6.07) is 21.9. The minimum absolute atomic E-state index is 0.0830. The van der Waals surface area contributed by atoms with Crippen LogP contribution in [0.3, 0.4) is 0 Å². The fourth-order valence-corrected chi connectivity index (χ4v) is 6.37. The van der Waals surface area contributed by atoms with Gasteiger partial charge in [0.25, 0.3) is 0 Å². The van der Waals surface area contributed by atoms with E-state index < -0.39 is 0 Å². The van der Waals surface area contributed by atoms with Crippen molar-refractivity contribution in [3.05, 3.63) is 88.6 Å². The smallest absolute Gasteiger partial charge is 0.216 e. The second kappa shape index (κ2) is 8.30. The lowest BCUT2D eigenvalue weighted by Crippen LogP contribution is -2.33. The Morgan fingerprint density at radius 2 is 1.45 bits per heavy atom. The first-order valence-corrected chi connectivity index (χ1v) is 13.5. The van der Waals surface area contributed by atoms with E-state index in [0.717, 1.165) is 56.3 Å². The Kier molecular flexibility index (Phi) is 5.34. The number of aromatic nitrogens is 1. The Morgan fingerprint density at radius 1 is 0.789 bits per heavy atom. The van der Waals surface area contributed by atoms with E-state index in [1.807, 2.05) is 12.1 Å². The Bertz CT molecular complexity index is 1810. The molecule has 190 valence electrons. The van der Waals surface area contributed by atoms with E-state index in [2.05, 4.69) is 108 Å². The van der Waals surface area contributed by atoms with Crippen molar-refractivity contribution in [3.8, 4) is 28.5 Å². The van der Waals surface area contributed by atoms with Crippen molar-refractivity contribution in [2.24, 2.45) is 7.05 Å². The van der Waals surface area contributed by atoms with Crippen molar-refractivity contribution in [1.82, 2.24) is 0 Å². The third kappa shape index (κ3) is 3.58. The van der Waals surface area contributed by atoms with Crippen LogP contribution in [0.2, 0.25) is 0 Å². The molecule has 0 unspecified atom stereocenters. The lowest BCUT2D eigenvalue weighted by molar-refractivity contribution is -0.660. The van der Waals surface area contributed by atoms with E-state index in [9.17, 15) is 5.26 Å². The van der Waals surface area contributed by atoms with Gasteiger partial charge in [-0.15, -0.1) is 0 Å². The van der Waals surface area contributed by atoms with Crippen molar-refractivity contribution >= 4 is 21.9 Å². The molecule has 0 saturated carbocycles. The quantitative estimate of drug-likeness (QED) is 0.228. The molecule has 0 bridgehead atoms. The molecule has 0 atom stereocenters. The largest absolute Gasteiger partial charge is 0.454 e. The van der Waals surface area contributed by atoms with Crippen LogP contribution < -0.4 is 4.57 Å². The van der Waals surface area contributed by atoms with Crippen LogP contribution in [-0.2, 0) is 17.9 Å². The van der Waals surface area contributed by atoms with Crippen LogP contribution in [0.25, 0.3) is 44.3 Å². The maximum atomic E-state index is 10.2. The molecule has 1 aliphatic rings. The van der Waals surface area contributed by atoms with Gasteiger partial charge in [-0.25, -0.2) is 4.57 Å². The fraction of sp³-hybridized carbons (Fsp3) is 0.314. The summed E-state index contributed by atoms with van der Waals surface area (Å²) in [6.45, 7) is 13.6. The summed E-state index contributed by atoms with van der Waals surface area (Å²) in [5.74, 6) is 0. The van der Waals surface area contributed by atoms with Gasteiger partial charge in [-0.3, -0.25) is 0 Å². The van der Waals surface area contributed by atoms with E-state index in [1.165, 1.54) is 23.1 Å². The van der Waals surface area contributed by atoms with E-state index in [-0.39, 0.29) is 10.8 Å². The molecular weight excluding hydrogens is 464 g/mol. The van der Waals surface area contributed by atoms with Gasteiger partial charge in [0.15, 0.2) is 6.20 Å². The molecule has 3 heteroatoms. The van der Waals surface area contributed by atoms with Crippen LogP contribution in [0, 0.1) is 25.2 Å². The third-order valence-corrected chi connectivity index (χ3v) is 8.84. The minimum atomic E-state index is 0.0830. The number of nitriles is 1. The molecule has 2 aromatic heterocycles. The van der Waals surface area contributed by atoms with Gasteiger partial charge in [-0.1, -0.05) is 58.0 Å². The number of nitrogens with zero attached hydrogens (tertiary/aromatic N) is 2. The monoisotopic (exact) mass is 499 g/mol. The van der Waals surface area contributed by atoms with Crippen LogP contribution in [-0.4, -0.2) is 0 Å². The van der Waals surface area contributed by atoms with Crippen molar-refractivity contribution in [1.29, 1.82) is 5.26 Å². The summed E-state index contributed by atoms with van der Waals surface area (Å²) in [5.41, 5.74) is 11.8. The molecule has 5 aromatic rings. The van der Waals surface area contributed by atoms with Crippen LogP contribution in [0.4, 0.5) is 0 Å². The van der Waals surface area contributed by atoms with Crippen LogP contribution in [0.5, 0.6) is 0 Å². The Morgan fingerprint density at radius 3 is 2.16 bits per heavy atom. The second-order valence-corrected chi connectivity index (χ2v) is 12.4. The van der Waals surface area contributed by atoms with Crippen molar-refractivity contribution in [3.63, 3.8) is 0 Å². The van der Waals surface area contributed by atoms with Gasteiger partial charge in [-0.2, -0.15) is 5.26 Å². The number of rotatable bonds is 2. The fourth-order valence-electron chi connectivity index (χ4n) is 6.37. The highest BCUT2D eigenvalue weighted by atomic mass is 16.3. The van der Waals surface area contributed by atoms with E-state index in [1.54, 1.807) is 0 Å². The molecule has 3 nitrogen and oxygen atoms in total. The summed E-state index contributed by atoms with van der Waals surface area (Å²) >= 11 is 0. The lowest BCUT2D eigenvalue weighted by Gasteiger charge is -2.42. The number of furan rings is 1. The summed E-state index contributed by atoms with van der Waals surface area (Å²) in [6.07, 6.45) is 4.42. The molecule has 0 aliphatic heterocycles. The average Bonchev–Trinajstić information content (AvgIpc) is 3.26. The van der Waals surface area contributed by atoms with Crippen LogP contribution >= 0.6 is 0 Å². The topological polar surface area (TPSA) is 40.8 Å². The highest BCUT2D eigenvalue weighted by molar-refractivity contribution is 6.14. The molecule has 0 saturated heterocycles. The van der Waals surface area contributed by atoms with Crippen LogP contribution in [0.1, 0.15) is 68.4 Å². The molecular formula is C35H35N2O+. The normalized spacial score (nSPS) is 15.9. The summed E-state index contributed by atoms with van der Waals surface area (Å²) in [4.78, 5) is 0. The number of aryl methyl sites for hydroxylation is 3. The molecule has 38 heavy (non-hydrogen) atoms. The number of pyridine rings is 1. The zero-order chi connectivity index (χ0) is 27.0. The van der Waals surface area contributed by atoms with E-state index in [4.69, 9.17) is 4.42 Å². The van der Waals surface area contributed by atoms with Crippen molar-refractivity contribution in [2.45, 2.75) is 65.2 Å². The number of benzene rings is 3. The first-order chi connectivity index (χ1) is 18.0. The Balaban J connectivity index is 1.68. The second-order valence-electron chi connectivity index (χ2n) is 12.4. The molecule has 3 aromatic carbocycles. The van der Waals surface area contributed by atoms with Crippen molar-refractivity contribution in [2.75, 3.05) is 0 Å². The Hall–Kier alpha value is -3.90. The zero-order valence-electron chi connectivity index (χ0n) is 23.5. The predicted molar refractivity (Wildman–Crippen MR) is 155 cm³/mol.